The van der Waals surface area contributed by atoms with Crippen molar-refractivity contribution in [3.8, 4) is 0 Å². The summed E-state index contributed by atoms with van der Waals surface area (Å²) in [7, 11) is 0. The van der Waals surface area contributed by atoms with Gasteiger partial charge in [-0.25, -0.2) is 0 Å². The molecule has 4 atom stereocenters. The van der Waals surface area contributed by atoms with E-state index in [0.29, 0.717) is 0 Å². The zero-order valence-corrected chi connectivity index (χ0v) is 10.7. The van der Waals surface area contributed by atoms with Gasteiger partial charge in [-0.3, -0.25) is 4.79 Å². The second kappa shape index (κ2) is 2.87. The van der Waals surface area contributed by atoms with E-state index in [1.165, 1.54) is 0 Å². The van der Waals surface area contributed by atoms with Crippen LogP contribution in [0.25, 0.3) is 0 Å². The maximum Gasteiger partial charge on any atom is 0.198 e. The number of rotatable bonds is 0. The van der Waals surface area contributed by atoms with Gasteiger partial charge in [0.05, 0.1) is 5.03 Å². The number of allylic oxidation sites excluding steroid dienone is 2. The molecule has 0 aromatic heterocycles. The third-order valence-electron chi connectivity index (χ3n) is 4.13. The summed E-state index contributed by atoms with van der Waals surface area (Å²) in [5, 5.41) is 0.302. The molecule has 0 N–H and O–H groups in total. The molecule has 0 aromatic rings. The van der Waals surface area contributed by atoms with Gasteiger partial charge in [-0.1, -0.05) is 23.2 Å². The van der Waals surface area contributed by atoms with Gasteiger partial charge in [0.1, 0.15) is 14.8 Å². The lowest BCUT2D eigenvalue weighted by atomic mass is 9.79. The van der Waals surface area contributed by atoms with Crippen molar-refractivity contribution in [2.75, 3.05) is 0 Å². The summed E-state index contributed by atoms with van der Waals surface area (Å²) in [6, 6.07) is 0. The first-order valence-electron chi connectivity index (χ1n) is 4.92. The molecule has 5 heteroatoms. The highest BCUT2D eigenvalue weighted by molar-refractivity contribution is 6.62. The van der Waals surface area contributed by atoms with Crippen LogP contribution in [-0.2, 0) is 4.79 Å². The van der Waals surface area contributed by atoms with Crippen molar-refractivity contribution in [3.63, 3.8) is 0 Å². The highest BCUT2D eigenvalue weighted by atomic mass is 35.5. The topological polar surface area (TPSA) is 17.1 Å². The van der Waals surface area contributed by atoms with Crippen LogP contribution in [0.4, 0.5) is 0 Å². The zero-order valence-electron chi connectivity index (χ0n) is 7.70. The molecule has 2 saturated carbocycles. The first-order valence-corrected chi connectivity index (χ1v) is 6.43. The third-order valence-corrected chi connectivity index (χ3v) is 6.84. The summed E-state index contributed by atoms with van der Waals surface area (Å²) in [5.41, 5.74) is 0. The molecule has 0 spiro atoms. The molecule has 0 saturated heterocycles. The molecule has 2 bridgehead atoms. The standard InChI is InChI=1S/C10H8Cl4O/c11-6-7(12)9(13)4-1-2-5(3-4)10(9,14)8(6)15/h4-5H,1-3H2/t4-,5+,9-,10-/m1/s1. The van der Waals surface area contributed by atoms with E-state index in [9.17, 15) is 4.79 Å². The Morgan fingerprint density at radius 1 is 1.07 bits per heavy atom. The van der Waals surface area contributed by atoms with Crippen LogP contribution in [0.5, 0.6) is 0 Å². The Kier molecular flexibility index (Phi) is 2.05. The van der Waals surface area contributed by atoms with Crippen LogP contribution in [0.15, 0.2) is 10.1 Å². The number of alkyl halides is 2. The molecule has 0 radical (unpaired) electrons. The van der Waals surface area contributed by atoms with Gasteiger partial charge in [0, 0.05) is 0 Å². The average molecular weight is 286 g/mol. The van der Waals surface area contributed by atoms with Crippen molar-refractivity contribution in [3.05, 3.63) is 10.1 Å². The number of halogens is 4. The molecule has 1 nitrogen and oxygen atoms in total. The number of ketones is 1. The molecule has 3 aliphatic rings. The Labute approximate surface area is 108 Å². The van der Waals surface area contributed by atoms with Gasteiger partial charge in [0.25, 0.3) is 0 Å². The van der Waals surface area contributed by atoms with Crippen LogP contribution in [0.2, 0.25) is 0 Å². The monoisotopic (exact) mass is 284 g/mol. The third kappa shape index (κ3) is 0.900. The van der Waals surface area contributed by atoms with E-state index < -0.39 is 9.75 Å². The van der Waals surface area contributed by atoms with Gasteiger partial charge in [-0.05, 0) is 31.1 Å². The van der Waals surface area contributed by atoms with E-state index in [-0.39, 0.29) is 27.7 Å². The maximum atomic E-state index is 12.0. The Balaban J connectivity index is 2.25. The van der Waals surface area contributed by atoms with E-state index >= 15 is 0 Å². The number of hydrogen-bond acceptors (Lipinski definition) is 1. The average Bonchev–Trinajstić information content (AvgIpc) is 2.81. The van der Waals surface area contributed by atoms with Crippen molar-refractivity contribution in [1.82, 2.24) is 0 Å². The Bertz CT molecular complexity index is 404. The molecule has 3 aliphatic carbocycles. The highest BCUT2D eigenvalue weighted by Gasteiger charge is 2.75. The fourth-order valence-corrected chi connectivity index (χ4v) is 5.31. The van der Waals surface area contributed by atoms with E-state index in [0.717, 1.165) is 19.3 Å². The summed E-state index contributed by atoms with van der Waals surface area (Å²) in [6.07, 6.45) is 2.82. The predicted octanol–water partition coefficient (Wildman–Crippen LogP) is 3.64. The number of hydrogen-bond donors (Lipinski definition) is 0. The molecule has 82 valence electrons. The summed E-state index contributed by atoms with van der Waals surface area (Å²) in [4.78, 5) is 10.0. The van der Waals surface area contributed by atoms with Gasteiger partial charge < -0.3 is 0 Å². The first kappa shape index (κ1) is 10.7. The Morgan fingerprint density at radius 3 is 2.13 bits per heavy atom. The zero-order chi connectivity index (χ0) is 11.0. The largest absolute Gasteiger partial charge is 0.291 e. The van der Waals surface area contributed by atoms with Crippen LogP contribution in [0.3, 0.4) is 0 Å². The molecular weight excluding hydrogens is 278 g/mol. The predicted molar refractivity (Wildman–Crippen MR) is 61.7 cm³/mol. The van der Waals surface area contributed by atoms with Gasteiger partial charge in [-0.2, -0.15) is 0 Å². The SMILES string of the molecule is O=C1C(Cl)=C(Cl)[C@]2(Cl)[C@@H]3CC[C@@H](C3)[C@@]12Cl. The fraction of sp³-hybridized carbons (Fsp3) is 0.700. The number of Topliss-reactive ketones (excluding diaryl/α,β-unsaturated/α-hetero) is 1. The van der Waals surface area contributed by atoms with E-state index in [4.69, 9.17) is 46.4 Å². The lowest BCUT2D eigenvalue weighted by Crippen LogP contribution is -2.51. The highest BCUT2D eigenvalue weighted by Crippen LogP contribution is 2.70. The van der Waals surface area contributed by atoms with Crippen LogP contribution in [0.1, 0.15) is 19.3 Å². The second-order valence-corrected chi connectivity index (χ2v) is 6.54. The van der Waals surface area contributed by atoms with Crippen LogP contribution in [0, 0.1) is 11.8 Å². The molecule has 0 unspecified atom stereocenters. The Hall–Kier alpha value is 0.570. The van der Waals surface area contributed by atoms with Gasteiger partial charge in [0.2, 0.25) is 0 Å². The van der Waals surface area contributed by atoms with Crippen molar-refractivity contribution in [1.29, 1.82) is 0 Å². The lowest BCUT2D eigenvalue weighted by molar-refractivity contribution is -0.118. The minimum Gasteiger partial charge on any atom is -0.291 e. The van der Waals surface area contributed by atoms with Crippen LogP contribution >= 0.6 is 46.4 Å². The number of fused-ring (bicyclic) bond motifs is 5. The number of carbonyl (C=O) groups excluding carboxylic acids is 1. The molecule has 0 heterocycles. The fourth-order valence-electron chi connectivity index (χ4n) is 3.41. The quantitative estimate of drug-likeness (QED) is 0.621. The molecule has 2 fully saturated rings. The molecular formula is C10H8Cl4O. The Morgan fingerprint density at radius 2 is 1.60 bits per heavy atom. The molecule has 0 aromatic carbocycles. The summed E-state index contributed by atoms with van der Waals surface area (Å²) in [5.74, 6) is 0.0339. The van der Waals surface area contributed by atoms with Crippen LogP contribution < -0.4 is 0 Å². The smallest absolute Gasteiger partial charge is 0.198 e. The van der Waals surface area contributed by atoms with Gasteiger partial charge in [0.15, 0.2) is 5.78 Å². The lowest BCUT2D eigenvalue weighted by Gasteiger charge is -2.39. The van der Waals surface area contributed by atoms with Gasteiger partial charge in [-0.15, -0.1) is 23.2 Å². The van der Waals surface area contributed by atoms with E-state index in [1.807, 2.05) is 0 Å². The molecule has 0 amide bonds. The molecule has 3 rings (SSSR count). The first-order chi connectivity index (χ1) is 6.94. The van der Waals surface area contributed by atoms with E-state index in [1.54, 1.807) is 0 Å². The normalized spacial score (nSPS) is 52.9. The number of carbonyl (C=O) groups is 1. The minimum atomic E-state index is -1.08. The van der Waals surface area contributed by atoms with Crippen molar-refractivity contribution in [2.24, 2.45) is 11.8 Å². The van der Waals surface area contributed by atoms with Gasteiger partial charge >= 0.3 is 0 Å². The minimum absolute atomic E-state index is 0.0401. The van der Waals surface area contributed by atoms with Crippen LogP contribution in [-0.4, -0.2) is 15.5 Å². The molecule has 0 aliphatic heterocycles. The van der Waals surface area contributed by atoms with Crippen molar-refractivity contribution < 1.29 is 4.79 Å². The summed E-state index contributed by atoms with van der Waals surface area (Å²) >= 11 is 24.9. The second-order valence-electron chi connectivity index (χ2n) is 4.59. The maximum absolute atomic E-state index is 12.0. The van der Waals surface area contributed by atoms with E-state index in [2.05, 4.69) is 0 Å². The van der Waals surface area contributed by atoms with Crippen molar-refractivity contribution in [2.45, 2.75) is 29.0 Å². The molecule has 15 heavy (non-hydrogen) atoms. The summed E-state index contributed by atoms with van der Waals surface area (Å²) in [6.45, 7) is 0. The van der Waals surface area contributed by atoms with Crippen molar-refractivity contribution >= 4 is 52.2 Å². The summed E-state index contributed by atoms with van der Waals surface area (Å²) < 4.78 is 0.